The van der Waals surface area contributed by atoms with Crippen molar-refractivity contribution >= 4 is 33.4 Å². The van der Waals surface area contributed by atoms with Gasteiger partial charge in [-0.3, -0.25) is 0 Å². The van der Waals surface area contributed by atoms with Crippen LogP contribution in [0.15, 0.2) is 76.3 Å². The zero-order chi connectivity index (χ0) is 23.5. The number of methoxy groups -OCH3 is 1. The molecule has 6 heteroatoms. The van der Waals surface area contributed by atoms with E-state index in [1.165, 1.54) is 0 Å². The van der Waals surface area contributed by atoms with Crippen LogP contribution in [0.1, 0.15) is 26.7 Å². The average Bonchev–Trinajstić information content (AvgIpc) is 2.87. The monoisotopic (exact) mass is 452 g/mol. The molecule has 3 aromatic rings. The molecule has 2 heterocycles. The van der Waals surface area contributed by atoms with Crippen LogP contribution in [0, 0.1) is 0 Å². The minimum absolute atomic E-state index is 0.643. The van der Waals surface area contributed by atoms with Gasteiger partial charge in [0.05, 0.1) is 12.5 Å². The Hall–Kier alpha value is -3.93. The lowest BCUT2D eigenvalue weighted by molar-refractivity contribution is 0.415. The van der Waals surface area contributed by atoms with E-state index in [1.807, 2.05) is 48.5 Å². The number of rotatable bonds is 7. The van der Waals surface area contributed by atoms with E-state index in [0.717, 1.165) is 70.3 Å². The second-order valence-corrected chi connectivity index (χ2v) is 8.31. The SMILES string of the molecule is CCCN(CCC)c1ccc2nc3c4cc(OC)ccc4/c(=N\c4ccccn4)cc-3oc2c1. The molecule has 0 radical (unpaired) electrons. The van der Waals surface area contributed by atoms with E-state index < -0.39 is 0 Å². The third kappa shape index (κ3) is 4.19. The lowest BCUT2D eigenvalue weighted by Gasteiger charge is -2.24. The van der Waals surface area contributed by atoms with Gasteiger partial charge in [0, 0.05) is 47.9 Å². The maximum absolute atomic E-state index is 6.44. The van der Waals surface area contributed by atoms with Gasteiger partial charge in [-0.2, -0.15) is 0 Å². The minimum atomic E-state index is 0.643. The van der Waals surface area contributed by atoms with Crippen molar-refractivity contribution in [2.24, 2.45) is 4.99 Å². The smallest absolute Gasteiger partial charge is 0.155 e. The van der Waals surface area contributed by atoms with Crippen LogP contribution >= 0.6 is 0 Å². The van der Waals surface area contributed by atoms with Crippen molar-refractivity contribution in [1.82, 2.24) is 9.97 Å². The number of hydrogen-bond donors (Lipinski definition) is 0. The first-order valence-electron chi connectivity index (χ1n) is 11.8. The van der Waals surface area contributed by atoms with Gasteiger partial charge in [-0.1, -0.05) is 19.9 Å². The number of fused-ring (bicyclic) bond motifs is 4. The predicted octanol–water partition coefficient (Wildman–Crippen LogP) is 6.35. The highest BCUT2D eigenvalue weighted by Gasteiger charge is 2.17. The number of anilines is 1. The molecule has 2 aliphatic rings. The van der Waals surface area contributed by atoms with Crippen molar-refractivity contribution in [2.45, 2.75) is 26.7 Å². The summed E-state index contributed by atoms with van der Waals surface area (Å²) in [5, 5.41) is 2.68. The molecule has 0 atom stereocenters. The zero-order valence-corrected chi connectivity index (χ0v) is 19.8. The molecule has 0 amide bonds. The molecule has 2 aromatic carbocycles. The lowest BCUT2D eigenvalue weighted by atomic mass is 10.0. The van der Waals surface area contributed by atoms with Crippen LogP contribution in [0.5, 0.6) is 5.75 Å². The van der Waals surface area contributed by atoms with Crippen molar-refractivity contribution in [3.63, 3.8) is 0 Å². The summed E-state index contributed by atoms with van der Waals surface area (Å²) >= 11 is 0. The van der Waals surface area contributed by atoms with Gasteiger partial charge in [-0.15, -0.1) is 0 Å². The van der Waals surface area contributed by atoms with Gasteiger partial charge in [0.15, 0.2) is 17.2 Å². The zero-order valence-electron chi connectivity index (χ0n) is 19.8. The highest BCUT2D eigenvalue weighted by atomic mass is 16.5. The standard InChI is InChI=1S/C28H28N4O2/c1-4-14-32(15-5-2)19-9-12-23-25(16-19)34-26-18-24(30-27-8-6-7-13-29-27)21-11-10-20(33-3)17-22(21)28(26)31-23/h6-13,16-18H,4-5,14-15H2,1-3H3/b30-24-. The Morgan fingerprint density at radius 1 is 0.941 bits per heavy atom. The van der Waals surface area contributed by atoms with Gasteiger partial charge in [0.2, 0.25) is 0 Å². The van der Waals surface area contributed by atoms with Gasteiger partial charge in [-0.05, 0) is 55.3 Å². The summed E-state index contributed by atoms with van der Waals surface area (Å²) in [6, 6.07) is 19.9. The van der Waals surface area contributed by atoms with E-state index in [9.17, 15) is 0 Å². The van der Waals surface area contributed by atoms with Crippen LogP contribution in [0.25, 0.3) is 33.3 Å². The molecular weight excluding hydrogens is 424 g/mol. The number of pyridine rings is 1. The topological polar surface area (TPSA) is 63.8 Å². The van der Waals surface area contributed by atoms with Crippen molar-refractivity contribution in [2.75, 3.05) is 25.1 Å². The minimum Gasteiger partial charge on any atom is -0.497 e. The number of aromatic nitrogens is 2. The Morgan fingerprint density at radius 3 is 2.53 bits per heavy atom. The number of hydrogen-bond acceptors (Lipinski definition) is 6. The fourth-order valence-corrected chi connectivity index (χ4v) is 4.32. The molecule has 0 N–H and O–H groups in total. The van der Waals surface area contributed by atoms with Crippen LogP contribution in [0.4, 0.5) is 11.5 Å². The molecule has 0 unspecified atom stereocenters. The molecule has 0 saturated heterocycles. The maximum atomic E-state index is 6.44. The number of nitrogens with zero attached hydrogens (tertiary/aromatic N) is 4. The van der Waals surface area contributed by atoms with Crippen LogP contribution in [-0.4, -0.2) is 30.2 Å². The highest BCUT2D eigenvalue weighted by molar-refractivity contribution is 5.97. The van der Waals surface area contributed by atoms with E-state index in [2.05, 4.69) is 35.9 Å². The van der Waals surface area contributed by atoms with Gasteiger partial charge in [-0.25, -0.2) is 15.0 Å². The third-order valence-corrected chi connectivity index (χ3v) is 5.89. The van der Waals surface area contributed by atoms with Crippen molar-refractivity contribution in [3.8, 4) is 17.2 Å². The summed E-state index contributed by atoms with van der Waals surface area (Å²) in [4.78, 5) is 16.6. The first-order valence-corrected chi connectivity index (χ1v) is 11.8. The quantitative estimate of drug-likeness (QED) is 0.213. The molecule has 1 aromatic heterocycles. The van der Waals surface area contributed by atoms with Gasteiger partial charge < -0.3 is 14.1 Å². The Morgan fingerprint density at radius 2 is 1.79 bits per heavy atom. The maximum Gasteiger partial charge on any atom is 0.155 e. The third-order valence-electron chi connectivity index (χ3n) is 5.89. The van der Waals surface area contributed by atoms with Gasteiger partial charge in [0.1, 0.15) is 17.0 Å². The van der Waals surface area contributed by atoms with Crippen molar-refractivity contribution in [3.05, 3.63) is 72.2 Å². The second-order valence-electron chi connectivity index (χ2n) is 8.31. The summed E-state index contributed by atoms with van der Waals surface area (Å²) in [6.07, 6.45) is 3.93. The molecular formula is C28H28N4O2. The van der Waals surface area contributed by atoms with Crippen molar-refractivity contribution in [1.29, 1.82) is 0 Å². The molecule has 0 spiro atoms. The van der Waals surface area contributed by atoms with E-state index in [4.69, 9.17) is 19.1 Å². The summed E-state index contributed by atoms with van der Waals surface area (Å²) in [5.41, 5.74) is 3.52. The van der Waals surface area contributed by atoms with E-state index in [-0.39, 0.29) is 0 Å². The highest BCUT2D eigenvalue weighted by Crippen LogP contribution is 2.33. The Bertz CT molecular complexity index is 1470. The molecule has 1 aliphatic carbocycles. The molecule has 0 fully saturated rings. The molecule has 5 rings (SSSR count). The molecule has 172 valence electrons. The predicted molar refractivity (Wildman–Crippen MR) is 137 cm³/mol. The van der Waals surface area contributed by atoms with E-state index in [0.29, 0.717) is 11.6 Å². The first-order chi connectivity index (χ1) is 16.7. The van der Waals surface area contributed by atoms with Crippen molar-refractivity contribution < 1.29 is 9.15 Å². The van der Waals surface area contributed by atoms with E-state index >= 15 is 0 Å². The lowest BCUT2D eigenvalue weighted by Crippen LogP contribution is -2.24. The summed E-state index contributed by atoms with van der Waals surface area (Å²) in [7, 11) is 1.67. The molecule has 6 nitrogen and oxygen atoms in total. The Labute approximate surface area is 198 Å². The molecule has 0 bridgehead atoms. The van der Waals surface area contributed by atoms with Gasteiger partial charge in [0.25, 0.3) is 0 Å². The molecule has 1 aliphatic heterocycles. The summed E-state index contributed by atoms with van der Waals surface area (Å²) < 4.78 is 11.9. The fourth-order valence-electron chi connectivity index (χ4n) is 4.32. The first kappa shape index (κ1) is 21.9. The van der Waals surface area contributed by atoms with Crippen LogP contribution in [0.2, 0.25) is 0 Å². The number of benzene rings is 3. The Kier molecular flexibility index (Phi) is 6.12. The van der Waals surface area contributed by atoms with Gasteiger partial charge >= 0.3 is 0 Å². The van der Waals surface area contributed by atoms with Crippen LogP contribution in [0.3, 0.4) is 0 Å². The molecule has 0 saturated carbocycles. The largest absolute Gasteiger partial charge is 0.497 e. The fraction of sp³-hybridized carbons (Fsp3) is 0.250. The summed E-state index contributed by atoms with van der Waals surface area (Å²) in [5.74, 6) is 2.08. The van der Waals surface area contributed by atoms with E-state index in [1.54, 1.807) is 13.3 Å². The number of ether oxygens (including phenoxy) is 1. The second kappa shape index (κ2) is 9.51. The summed E-state index contributed by atoms with van der Waals surface area (Å²) in [6.45, 7) is 6.43. The average molecular weight is 453 g/mol. The normalized spacial score (nSPS) is 12.0. The Balaban J connectivity index is 1.76. The molecule has 34 heavy (non-hydrogen) atoms. The van der Waals surface area contributed by atoms with Crippen LogP contribution in [-0.2, 0) is 0 Å². The van der Waals surface area contributed by atoms with Crippen LogP contribution < -0.4 is 15.0 Å².